The van der Waals surface area contributed by atoms with Crippen LogP contribution in [0.15, 0.2) is 67.0 Å². The molecule has 4 aromatic rings. The van der Waals surface area contributed by atoms with E-state index in [1.165, 1.54) is 18.3 Å². The number of carbonyl (C=O) groups is 2. The number of primary amides is 1. The van der Waals surface area contributed by atoms with Crippen molar-refractivity contribution >= 4 is 40.0 Å². The van der Waals surface area contributed by atoms with Gasteiger partial charge in [0, 0.05) is 29.0 Å². The van der Waals surface area contributed by atoms with Crippen LogP contribution in [0.3, 0.4) is 0 Å². The monoisotopic (exact) mass is 399 g/mol. The third-order valence-corrected chi connectivity index (χ3v) is 4.63. The normalized spacial score (nSPS) is 10.7. The van der Waals surface area contributed by atoms with E-state index in [0.717, 1.165) is 11.1 Å². The Bertz CT molecular complexity index is 1290. The van der Waals surface area contributed by atoms with Gasteiger partial charge < -0.3 is 21.9 Å². The van der Waals surface area contributed by atoms with E-state index in [-0.39, 0.29) is 11.1 Å². The molecule has 2 aromatic heterocycles. The summed E-state index contributed by atoms with van der Waals surface area (Å²) >= 11 is 0. The fourth-order valence-electron chi connectivity index (χ4n) is 3.15. The predicted molar refractivity (Wildman–Crippen MR) is 115 cm³/mol. The maximum atomic E-state index is 12.0. The van der Waals surface area contributed by atoms with E-state index >= 15 is 0 Å². The topological polar surface area (TPSA) is 144 Å². The minimum atomic E-state index is -1.05. The van der Waals surface area contributed by atoms with Gasteiger partial charge in [0.15, 0.2) is 0 Å². The number of nitrogens with zero attached hydrogens (tertiary/aromatic N) is 2. The Balaban J connectivity index is 1.83. The average molecular weight is 399 g/mol. The molecule has 2 heterocycles. The van der Waals surface area contributed by atoms with Crippen molar-refractivity contribution in [2.24, 2.45) is 5.73 Å². The number of carboxylic acids is 1. The number of pyridine rings is 2. The first-order valence-electron chi connectivity index (χ1n) is 8.97. The lowest BCUT2D eigenvalue weighted by atomic mass is 10.0. The van der Waals surface area contributed by atoms with Gasteiger partial charge in [-0.15, -0.1) is 0 Å². The summed E-state index contributed by atoms with van der Waals surface area (Å²) in [5, 5.41) is 13.0. The molecule has 0 bridgehead atoms. The van der Waals surface area contributed by atoms with E-state index in [1.807, 2.05) is 24.3 Å². The van der Waals surface area contributed by atoms with E-state index in [1.54, 1.807) is 24.4 Å². The van der Waals surface area contributed by atoms with Crippen LogP contribution in [0.2, 0.25) is 0 Å². The third kappa shape index (κ3) is 3.61. The van der Waals surface area contributed by atoms with Gasteiger partial charge >= 0.3 is 5.97 Å². The molecular weight excluding hydrogens is 382 g/mol. The van der Waals surface area contributed by atoms with Gasteiger partial charge in [-0.3, -0.25) is 9.78 Å². The first kappa shape index (κ1) is 18.9. The highest BCUT2D eigenvalue weighted by Crippen LogP contribution is 2.32. The third-order valence-electron chi connectivity index (χ3n) is 4.63. The maximum absolute atomic E-state index is 12.0. The Kier molecular flexibility index (Phi) is 4.73. The molecule has 6 N–H and O–H groups in total. The number of nitrogens with one attached hydrogen (secondary N) is 1. The molecule has 8 heteroatoms. The van der Waals surface area contributed by atoms with Gasteiger partial charge in [-0.25, -0.2) is 9.78 Å². The molecule has 0 saturated carbocycles. The fourth-order valence-corrected chi connectivity index (χ4v) is 3.15. The SMILES string of the molecule is NC(=O)c1cnc2cc(-c3ccc(N)nc3)ccc2c1Nc1cccc(C(=O)O)c1. The first-order chi connectivity index (χ1) is 14.4. The molecule has 0 aliphatic carbocycles. The van der Waals surface area contributed by atoms with Crippen LogP contribution in [0.5, 0.6) is 0 Å². The molecule has 0 spiro atoms. The largest absolute Gasteiger partial charge is 0.478 e. The number of aromatic carboxylic acids is 1. The maximum Gasteiger partial charge on any atom is 0.335 e. The van der Waals surface area contributed by atoms with Gasteiger partial charge in [0.25, 0.3) is 5.91 Å². The number of hydrogen-bond acceptors (Lipinski definition) is 6. The zero-order chi connectivity index (χ0) is 21.3. The van der Waals surface area contributed by atoms with E-state index in [0.29, 0.717) is 28.1 Å². The van der Waals surface area contributed by atoms with Crippen LogP contribution < -0.4 is 16.8 Å². The summed E-state index contributed by atoms with van der Waals surface area (Å²) < 4.78 is 0. The highest BCUT2D eigenvalue weighted by Gasteiger charge is 2.15. The molecule has 148 valence electrons. The number of aromatic nitrogens is 2. The van der Waals surface area contributed by atoms with Crippen molar-refractivity contribution in [1.29, 1.82) is 0 Å². The molecular formula is C22H17N5O3. The number of nitrogens with two attached hydrogens (primary N) is 2. The predicted octanol–water partition coefficient (Wildman–Crippen LogP) is 3.42. The van der Waals surface area contributed by atoms with Crippen molar-refractivity contribution in [1.82, 2.24) is 9.97 Å². The Morgan fingerprint density at radius 2 is 1.73 bits per heavy atom. The number of hydrogen-bond donors (Lipinski definition) is 4. The second-order valence-corrected chi connectivity index (χ2v) is 6.63. The van der Waals surface area contributed by atoms with Crippen LogP contribution in [0, 0.1) is 0 Å². The van der Waals surface area contributed by atoms with Gasteiger partial charge in [-0.05, 0) is 42.0 Å². The van der Waals surface area contributed by atoms with Crippen molar-refractivity contribution in [3.05, 3.63) is 78.1 Å². The van der Waals surface area contributed by atoms with Crippen molar-refractivity contribution < 1.29 is 14.7 Å². The smallest absolute Gasteiger partial charge is 0.335 e. The summed E-state index contributed by atoms with van der Waals surface area (Å²) in [7, 11) is 0. The minimum Gasteiger partial charge on any atom is -0.478 e. The lowest BCUT2D eigenvalue weighted by molar-refractivity contribution is 0.0696. The molecule has 0 saturated heterocycles. The Labute approximate surface area is 171 Å². The van der Waals surface area contributed by atoms with Gasteiger partial charge in [0.05, 0.1) is 22.3 Å². The Hall–Kier alpha value is -4.46. The second-order valence-electron chi connectivity index (χ2n) is 6.63. The number of benzene rings is 2. The summed E-state index contributed by atoms with van der Waals surface area (Å²) in [6.07, 6.45) is 3.07. The highest BCUT2D eigenvalue weighted by molar-refractivity contribution is 6.08. The zero-order valence-corrected chi connectivity index (χ0v) is 15.7. The minimum absolute atomic E-state index is 0.122. The second kappa shape index (κ2) is 7.51. The Morgan fingerprint density at radius 3 is 2.43 bits per heavy atom. The molecule has 30 heavy (non-hydrogen) atoms. The number of amides is 1. The summed E-state index contributed by atoms with van der Waals surface area (Å²) in [5.74, 6) is -1.26. The number of nitrogen functional groups attached to an aromatic ring is 1. The van der Waals surface area contributed by atoms with Crippen molar-refractivity contribution in [2.45, 2.75) is 0 Å². The molecule has 0 aliphatic heterocycles. The molecule has 4 rings (SSSR count). The van der Waals surface area contributed by atoms with Crippen LogP contribution in [-0.4, -0.2) is 27.0 Å². The molecule has 0 unspecified atom stereocenters. The fraction of sp³-hybridized carbons (Fsp3) is 0. The van der Waals surface area contributed by atoms with E-state index in [4.69, 9.17) is 11.5 Å². The number of carbonyl (C=O) groups excluding carboxylic acids is 1. The molecule has 1 amide bonds. The number of anilines is 3. The molecule has 8 nitrogen and oxygen atoms in total. The molecule has 2 aromatic carbocycles. The molecule has 0 aliphatic rings. The lowest BCUT2D eigenvalue weighted by Crippen LogP contribution is -2.14. The van der Waals surface area contributed by atoms with E-state index < -0.39 is 11.9 Å². The number of fused-ring (bicyclic) bond motifs is 1. The standard InChI is InChI=1S/C22H17N5O3/c23-19-7-5-14(10-26-19)12-4-6-16-18(9-12)25-11-17(21(24)28)20(16)27-15-3-1-2-13(8-15)22(29)30/h1-11H,(H2,23,26)(H2,24,28)(H,25,27)(H,29,30). The summed E-state index contributed by atoms with van der Waals surface area (Å²) in [6.45, 7) is 0. The summed E-state index contributed by atoms with van der Waals surface area (Å²) in [5.41, 5.74) is 14.9. The van der Waals surface area contributed by atoms with Gasteiger partial charge in [0.2, 0.25) is 0 Å². The quantitative estimate of drug-likeness (QED) is 0.402. The van der Waals surface area contributed by atoms with Crippen molar-refractivity contribution in [2.75, 3.05) is 11.1 Å². The molecule has 0 atom stereocenters. The van der Waals surface area contributed by atoms with Crippen LogP contribution in [0.1, 0.15) is 20.7 Å². The van der Waals surface area contributed by atoms with Crippen molar-refractivity contribution in [3.63, 3.8) is 0 Å². The van der Waals surface area contributed by atoms with E-state index in [2.05, 4.69) is 15.3 Å². The number of rotatable bonds is 5. The lowest BCUT2D eigenvalue weighted by Gasteiger charge is -2.14. The molecule has 0 radical (unpaired) electrons. The van der Waals surface area contributed by atoms with Crippen LogP contribution in [0.25, 0.3) is 22.0 Å². The Morgan fingerprint density at radius 1 is 0.933 bits per heavy atom. The van der Waals surface area contributed by atoms with Gasteiger partial charge in [-0.2, -0.15) is 0 Å². The summed E-state index contributed by atoms with van der Waals surface area (Å²) in [4.78, 5) is 31.7. The van der Waals surface area contributed by atoms with Gasteiger partial charge in [-0.1, -0.05) is 18.2 Å². The zero-order valence-electron chi connectivity index (χ0n) is 15.7. The van der Waals surface area contributed by atoms with E-state index in [9.17, 15) is 14.7 Å². The van der Waals surface area contributed by atoms with Crippen molar-refractivity contribution in [3.8, 4) is 11.1 Å². The van der Waals surface area contributed by atoms with Crippen LogP contribution in [0.4, 0.5) is 17.2 Å². The molecule has 0 fully saturated rings. The average Bonchev–Trinajstić information content (AvgIpc) is 2.74. The highest BCUT2D eigenvalue weighted by atomic mass is 16.4. The van der Waals surface area contributed by atoms with Crippen LogP contribution >= 0.6 is 0 Å². The van der Waals surface area contributed by atoms with Crippen LogP contribution in [-0.2, 0) is 0 Å². The van der Waals surface area contributed by atoms with Gasteiger partial charge in [0.1, 0.15) is 5.82 Å². The summed E-state index contributed by atoms with van der Waals surface area (Å²) in [6, 6.07) is 15.4. The first-order valence-corrected chi connectivity index (χ1v) is 8.97. The number of carboxylic acid groups (broad SMARTS) is 1.